The summed E-state index contributed by atoms with van der Waals surface area (Å²) in [6, 6.07) is 1.88. The molecule has 0 saturated heterocycles. The molecule has 0 aliphatic heterocycles. The van der Waals surface area contributed by atoms with Crippen LogP contribution in [0.5, 0.6) is 5.75 Å². The third-order valence-electron chi connectivity index (χ3n) is 3.84. The van der Waals surface area contributed by atoms with Crippen molar-refractivity contribution < 1.29 is 9.26 Å². The third-order valence-corrected chi connectivity index (χ3v) is 4.27. The standard InChI is InChI=1S/C14H14BrN3O2/c1-14(4-5-14)13-17-12(18-20-13)9-6-11(15)16-7-10(9)19-8-2-3-8/h6-8H,2-5H2,1H3. The van der Waals surface area contributed by atoms with Gasteiger partial charge in [-0.25, -0.2) is 4.98 Å². The minimum Gasteiger partial charge on any atom is -0.488 e. The number of halogens is 1. The van der Waals surface area contributed by atoms with E-state index in [4.69, 9.17) is 9.26 Å². The lowest BCUT2D eigenvalue weighted by atomic mass is 10.1. The molecular weight excluding hydrogens is 322 g/mol. The maximum atomic E-state index is 5.87. The lowest BCUT2D eigenvalue weighted by Crippen LogP contribution is -2.01. The summed E-state index contributed by atoms with van der Waals surface area (Å²) in [6.45, 7) is 2.15. The van der Waals surface area contributed by atoms with Gasteiger partial charge >= 0.3 is 0 Å². The Morgan fingerprint density at radius 3 is 2.90 bits per heavy atom. The fraction of sp³-hybridized carbons (Fsp3) is 0.500. The van der Waals surface area contributed by atoms with Gasteiger partial charge in [-0.05, 0) is 47.7 Å². The van der Waals surface area contributed by atoms with E-state index in [0.29, 0.717) is 11.9 Å². The summed E-state index contributed by atoms with van der Waals surface area (Å²) >= 11 is 3.38. The number of hydrogen-bond donors (Lipinski definition) is 0. The molecule has 2 saturated carbocycles. The second-order valence-electron chi connectivity index (χ2n) is 5.80. The second kappa shape index (κ2) is 4.28. The molecule has 0 radical (unpaired) electrons. The summed E-state index contributed by atoms with van der Waals surface area (Å²) in [4.78, 5) is 8.76. The van der Waals surface area contributed by atoms with Crippen LogP contribution in [-0.2, 0) is 5.41 Å². The van der Waals surface area contributed by atoms with Gasteiger partial charge in [-0.1, -0.05) is 12.1 Å². The van der Waals surface area contributed by atoms with E-state index in [2.05, 4.69) is 38.0 Å². The molecule has 0 atom stereocenters. The number of ether oxygens (including phenoxy) is 1. The molecule has 2 aliphatic carbocycles. The van der Waals surface area contributed by atoms with E-state index in [9.17, 15) is 0 Å². The van der Waals surface area contributed by atoms with Crippen molar-refractivity contribution in [1.29, 1.82) is 0 Å². The number of nitrogens with zero attached hydrogens (tertiary/aromatic N) is 3. The summed E-state index contributed by atoms with van der Waals surface area (Å²) < 4.78 is 12.0. The first-order valence-corrected chi connectivity index (χ1v) is 7.60. The quantitative estimate of drug-likeness (QED) is 0.800. The Bertz CT molecular complexity index is 662. The van der Waals surface area contributed by atoms with Crippen LogP contribution in [0.3, 0.4) is 0 Å². The van der Waals surface area contributed by atoms with Crippen LogP contribution < -0.4 is 4.74 Å². The number of pyridine rings is 1. The van der Waals surface area contributed by atoms with Gasteiger partial charge in [0.2, 0.25) is 11.7 Å². The van der Waals surface area contributed by atoms with E-state index in [1.54, 1.807) is 6.20 Å². The van der Waals surface area contributed by atoms with E-state index >= 15 is 0 Å². The maximum absolute atomic E-state index is 5.87. The SMILES string of the molecule is CC1(c2nc(-c3cc(Br)ncc3OC3CC3)no2)CC1. The van der Waals surface area contributed by atoms with Crippen LogP contribution >= 0.6 is 15.9 Å². The van der Waals surface area contributed by atoms with Crippen LogP contribution in [0.1, 0.15) is 38.5 Å². The van der Waals surface area contributed by atoms with Crippen molar-refractivity contribution in [2.75, 3.05) is 0 Å². The molecule has 2 aromatic rings. The number of rotatable bonds is 4. The monoisotopic (exact) mass is 335 g/mol. The molecule has 4 rings (SSSR count). The molecule has 0 spiro atoms. The zero-order valence-corrected chi connectivity index (χ0v) is 12.7. The molecule has 2 aliphatic rings. The van der Waals surface area contributed by atoms with Crippen LogP contribution in [0, 0.1) is 0 Å². The fourth-order valence-electron chi connectivity index (χ4n) is 2.03. The van der Waals surface area contributed by atoms with E-state index in [1.165, 1.54) is 0 Å². The van der Waals surface area contributed by atoms with Crippen molar-refractivity contribution in [1.82, 2.24) is 15.1 Å². The summed E-state index contributed by atoms with van der Waals surface area (Å²) in [6.07, 6.45) is 6.45. The molecule has 5 nitrogen and oxygen atoms in total. The summed E-state index contributed by atoms with van der Waals surface area (Å²) in [5, 5.41) is 4.11. The zero-order valence-electron chi connectivity index (χ0n) is 11.1. The Morgan fingerprint density at radius 2 is 2.20 bits per heavy atom. The van der Waals surface area contributed by atoms with E-state index in [-0.39, 0.29) is 5.41 Å². The smallest absolute Gasteiger partial charge is 0.232 e. The first-order chi connectivity index (χ1) is 9.64. The highest BCUT2D eigenvalue weighted by Gasteiger charge is 2.44. The van der Waals surface area contributed by atoms with Crippen molar-refractivity contribution in [3.63, 3.8) is 0 Å². The predicted molar refractivity (Wildman–Crippen MR) is 75.5 cm³/mol. The van der Waals surface area contributed by atoms with E-state index < -0.39 is 0 Å². The topological polar surface area (TPSA) is 61.0 Å². The summed E-state index contributed by atoms with van der Waals surface area (Å²) in [7, 11) is 0. The van der Waals surface area contributed by atoms with Crippen LogP contribution in [-0.4, -0.2) is 21.2 Å². The second-order valence-corrected chi connectivity index (χ2v) is 6.62. The van der Waals surface area contributed by atoms with Crippen molar-refractivity contribution in [2.45, 2.75) is 44.1 Å². The zero-order chi connectivity index (χ0) is 13.7. The summed E-state index contributed by atoms with van der Waals surface area (Å²) in [5.74, 6) is 2.02. The first kappa shape index (κ1) is 12.3. The molecule has 2 aromatic heterocycles. The Hall–Kier alpha value is -1.43. The predicted octanol–water partition coefficient (Wildman–Crippen LogP) is 3.49. The van der Waals surface area contributed by atoms with Crippen molar-refractivity contribution >= 4 is 15.9 Å². The average molecular weight is 336 g/mol. The van der Waals surface area contributed by atoms with Crippen LogP contribution in [0.4, 0.5) is 0 Å². The largest absolute Gasteiger partial charge is 0.488 e. The molecule has 0 unspecified atom stereocenters. The van der Waals surface area contributed by atoms with E-state index in [0.717, 1.165) is 47.5 Å². The van der Waals surface area contributed by atoms with Gasteiger partial charge in [-0.3, -0.25) is 0 Å². The van der Waals surface area contributed by atoms with Crippen LogP contribution in [0.2, 0.25) is 0 Å². The lowest BCUT2D eigenvalue weighted by Gasteiger charge is -2.07. The third kappa shape index (κ3) is 2.22. The molecule has 20 heavy (non-hydrogen) atoms. The Morgan fingerprint density at radius 1 is 1.40 bits per heavy atom. The first-order valence-electron chi connectivity index (χ1n) is 6.81. The van der Waals surface area contributed by atoms with Gasteiger partial charge in [0, 0.05) is 5.41 Å². The fourth-order valence-corrected chi connectivity index (χ4v) is 2.36. The molecule has 104 valence electrons. The molecule has 0 N–H and O–H groups in total. The number of hydrogen-bond acceptors (Lipinski definition) is 5. The van der Waals surface area contributed by atoms with Gasteiger partial charge in [-0.15, -0.1) is 0 Å². The Balaban J connectivity index is 1.72. The van der Waals surface area contributed by atoms with Crippen molar-refractivity contribution in [3.05, 3.63) is 22.8 Å². The van der Waals surface area contributed by atoms with Gasteiger partial charge in [-0.2, -0.15) is 4.98 Å². The van der Waals surface area contributed by atoms with Crippen LogP contribution in [0.15, 0.2) is 21.4 Å². The van der Waals surface area contributed by atoms with Gasteiger partial charge < -0.3 is 9.26 Å². The maximum Gasteiger partial charge on any atom is 0.232 e. The van der Waals surface area contributed by atoms with E-state index in [1.807, 2.05) is 6.07 Å². The summed E-state index contributed by atoms with van der Waals surface area (Å²) in [5.41, 5.74) is 0.908. The highest BCUT2D eigenvalue weighted by molar-refractivity contribution is 9.10. The van der Waals surface area contributed by atoms with Crippen LogP contribution in [0.25, 0.3) is 11.4 Å². The van der Waals surface area contributed by atoms with Gasteiger partial charge in [0.05, 0.1) is 17.9 Å². The molecule has 2 heterocycles. The highest BCUT2D eigenvalue weighted by atomic mass is 79.9. The van der Waals surface area contributed by atoms with Gasteiger partial charge in [0.25, 0.3) is 0 Å². The average Bonchev–Trinajstić information content (AvgIpc) is 3.33. The van der Waals surface area contributed by atoms with Gasteiger partial charge in [0.1, 0.15) is 10.4 Å². The molecule has 0 bridgehead atoms. The molecule has 0 aromatic carbocycles. The Labute approximate surface area is 124 Å². The highest BCUT2D eigenvalue weighted by Crippen LogP contribution is 2.47. The number of aromatic nitrogens is 3. The molecule has 2 fully saturated rings. The van der Waals surface area contributed by atoms with Gasteiger partial charge in [0.15, 0.2) is 0 Å². The Kier molecular flexibility index (Phi) is 2.64. The molecule has 6 heteroatoms. The minimum absolute atomic E-state index is 0.0764. The van der Waals surface area contributed by atoms with Crippen molar-refractivity contribution in [3.8, 4) is 17.1 Å². The minimum atomic E-state index is 0.0764. The van der Waals surface area contributed by atoms with Crippen molar-refractivity contribution in [2.24, 2.45) is 0 Å². The normalized spacial score (nSPS) is 19.9. The molecule has 0 amide bonds. The lowest BCUT2D eigenvalue weighted by molar-refractivity contribution is 0.302. The molecular formula is C14H14BrN3O2.